The van der Waals surface area contributed by atoms with E-state index in [4.69, 9.17) is 0 Å². The van der Waals surface area contributed by atoms with E-state index in [1.807, 2.05) is 32.6 Å². The van der Waals surface area contributed by atoms with Gasteiger partial charge in [-0.15, -0.1) is 0 Å². The highest BCUT2D eigenvalue weighted by Crippen LogP contribution is 2.27. The molecule has 4 rings (SSSR count). The summed E-state index contributed by atoms with van der Waals surface area (Å²) in [6, 6.07) is -0.991. The number of imide groups is 2. The van der Waals surface area contributed by atoms with Gasteiger partial charge in [-0.1, -0.05) is 27.7 Å². The molecule has 1 atom stereocenters. The summed E-state index contributed by atoms with van der Waals surface area (Å²) in [6.45, 7) is 11.0. The molecular weight excluding hydrogens is 376 g/mol. The Bertz CT molecular complexity index is 791. The van der Waals surface area contributed by atoms with Crippen molar-refractivity contribution in [3.63, 3.8) is 0 Å². The normalized spacial score (nSPS) is 20.9. The van der Waals surface area contributed by atoms with Gasteiger partial charge in [0.25, 0.3) is 11.8 Å². The highest BCUT2D eigenvalue weighted by Gasteiger charge is 2.46. The molecule has 0 bridgehead atoms. The monoisotopic (exact) mass is 404 g/mol. The molecule has 0 aromatic carbocycles. The van der Waals surface area contributed by atoms with E-state index < -0.39 is 29.7 Å². The number of carbonyl (C=O) groups is 4. The zero-order valence-corrected chi connectivity index (χ0v) is 17.3. The number of hydrogen-bond donors (Lipinski definition) is 2. The predicted molar refractivity (Wildman–Crippen MR) is 106 cm³/mol. The zero-order valence-electron chi connectivity index (χ0n) is 17.3. The van der Waals surface area contributed by atoms with Gasteiger partial charge in [0.1, 0.15) is 11.7 Å². The van der Waals surface area contributed by atoms with E-state index in [9.17, 15) is 19.2 Å². The number of nitrogens with zero attached hydrogens (tertiary/aromatic N) is 4. The number of anilines is 1. The average molecular weight is 404 g/mol. The van der Waals surface area contributed by atoms with E-state index >= 15 is 0 Å². The minimum atomic E-state index is -0.991. The van der Waals surface area contributed by atoms with Crippen LogP contribution in [0, 0.1) is 0 Å². The van der Waals surface area contributed by atoms with E-state index in [1.165, 1.54) is 6.20 Å². The molecule has 4 heterocycles. The van der Waals surface area contributed by atoms with E-state index in [2.05, 4.69) is 20.6 Å². The van der Waals surface area contributed by atoms with Gasteiger partial charge in [0.2, 0.25) is 17.8 Å². The lowest BCUT2D eigenvalue weighted by Crippen LogP contribution is -2.54. The van der Waals surface area contributed by atoms with Crippen LogP contribution in [0.15, 0.2) is 6.20 Å². The Hall–Kier alpha value is -2.88. The summed E-state index contributed by atoms with van der Waals surface area (Å²) in [5, 5.41) is 5.37. The minimum Gasteiger partial charge on any atom is -0.338 e. The van der Waals surface area contributed by atoms with Gasteiger partial charge in [0.15, 0.2) is 0 Å². The smallest absolute Gasteiger partial charge is 0.281 e. The van der Waals surface area contributed by atoms with Crippen LogP contribution in [0.5, 0.6) is 0 Å². The SMILES string of the molecule is CC.CC.O=C1CCC(N2C(=O)c3cnc(N4CCNCC4)nc3C2=O)C(=O)N1. The average Bonchev–Trinajstić information content (AvgIpc) is 3.02. The van der Waals surface area contributed by atoms with Gasteiger partial charge in [-0.3, -0.25) is 29.4 Å². The fourth-order valence-corrected chi connectivity index (χ4v) is 3.26. The molecule has 1 aromatic rings. The molecule has 4 amide bonds. The predicted octanol–water partition coefficient (Wildman–Crippen LogP) is 0.340. The van der Waals surface area contributed by atoms with Crippen LogP contribution >= 0.6 is 0 Å². The molecule has 3 aliphatic heterocycles. The van der Waals surface area contributed by atoms with Crippen LogP contribution in [-0.4, -0.2) is 70.7 Å². The number of piperidine rings is 1. The van der Waals surface area contributed by atoms with Gasteiger partial charge in [-0.05, 0) is 6.42 Å². The lowest BCUT2D eigenvalue weighted by atomic mass is 10.0. The molecule has 1 unspecified atom stereocenters. The molecule has 29 heavy (non-hydrogen) atoms. The largest absolute Gasteiger partial charge is 0.338 e. The second-order valence-electron chi connectivity index (χ2n) is 6.12. The van der Waals surface area contributed by atoms with Crippen LogP contribution in [0.4, 0.5) is 5.95 Å². The Morgan fingerprint density at radius 1 is 1.00 bits per heavy atom. The fraction of sp³-hybridized carbons (Fsp3) is 0.579. The molecule has 0 saturated carbocycles. The maximum Gasteiger partial charge on any atom is 0.281 e. The third kappa shape index (κ3) is 4.42. The van der Waals surface area contributed by atoms with Gasteiger partial charge in [0, 0.05) is 38.8 Å². The Labute approximate surface area is 170 Å². The first-order chi connectivity index (χ1) is 14.1. The molecule has 10 nitrogen and oxygen atoms in total. The van der Waals surface area contributed by atoms with Crippen molar-refractivity contribution in [1.29, 1.82) is 0 Å². The zero-order chi connectivity index (χ0) is 21.6. The van der Waals surface area contributed by atoms with E-state index in [0.29, 0.717) is 19.0 Å². The molecule has 0 aliphatic carbocycles. The number of fused-ring (bicyclic) bond motifs is 1. The number of rotatable bonds is 2. The van der Waals surface area contributed by atoms with E-state index in [-0.39, 0.29) is 24.1 Å². The van der Waals surface area contributed by atoms with Crippen LogP contribution in [0.25, 0.3) is 0 Å². The summed E-state index contributed by atoms with van der Waals surface area (Å²) < 4.78 is 0. The first-order valence-corrected chi connectivity index (χ1v) is 10.1. The van der Waals surface area contributed by atoms with Crippen molar-refractivity contribution >= 4 is 29.6 Å². The third-order valence-electron chi connectivity index (χ3n) is 4.57. The van der Waals surface area contributed by atoms with Crippen molar-refractivity contribution in [3.8, 4) is 0 Å². The Kier molecular flexibility index (Phi) is 7.77. The lowest BCUT2D eigenvalue weighted by Gasteiger charge is -2.27. The minimum absolute atomic E-state index is 0.0123. The number of hydrogen-bond acceptors (Lipinski definition) is 8. The second-order valence-corrected chi connectivity index (χ2v) is 6.12. The topological polar surface area (TPSA) is 125 Å². The van der Waals surface area contributed by atoms with Crippen LogP contribution in [0.2, 0.25) is 0 Å². The van der Waals surface area contributed by atoms with Crippen molar-refractivity contribution in [3.05, 3.63) is 17.5 Å². The first-order valence-electron chi connectivity index (χ1n) is 10.1. The van der Waals surface area contributed by atoms with Gasteiger partial charge < -0.3 is 10.2 Å². The molecule has 2 saturated heterocycles. The Balaban J connectivity index is 0.000000707. The molecule has 3 aliphatic rings. The van der Waals surface area contributed by atoms with E-state index in [1.54, 1.807) is 0 Å². The number of aromatic nitrogens is 2. The maximum atomic E-state index is 12.7. The maximum absolute atomic E-state index is 12.7. The fourth-order valence-electron chi connectivity index (χ4n) is 3.26. The number of nitrogens with one attached hydrogen (secondary N) is 2. The summed E-state index contributed by atoms with van der Waals surface area (Å²) in [5.74, 6) is -1.86. The van der Waals surface area contributed by atoms with Crippen molar-refractivity contribution in [2.24, 2.45) is 0 Å². The van der Waals surface area contributed by atoms with Gasteiger partial charge in [-0.2, -0.15) is 0 Å². The molecule has 2 fully saturated rings. The Morgan fingerprint density at radius 3 is 2.28 bits per heavy atom. The standard InChI is InChI=1S/C15H16N6O4.2C2H6/c22-10-2-1-9(12(23)18-10)21-13(24)8-7-17-15(19-11(8)14(21)25)20-5-3-16-4-6-20;2*1-2/h7,9,16H,1-6H2,(H,18,22,23);2*1-2H3. The molecule has 0 spiro atoms. The van der Waals surface area contributed by atoms with Crippen LogP contribution in [0.3, 0.4) is 0 Å². The quantitative estimate of drug-likeness (QED) is 0.676. The molecule has 0 radical (unpaired) electrons. The molecule has 2 N–H and O–H groups in total. The van der Waals surface area contributed by atoms with Crippen molar-refractivity contribution in [1.82, 2.24) is 25.5 Å². The first kappa shape index (κ1) is 22.4. The number of piperazine rings is 1. The van der Waals surface area contributed by atoms with Crippen LogP contribution in [0.1, 0.15) is 61.4 Å². The lowest BCUT2D eigenvalue weighted by molar-refractivity contribution is -0.136. The van der Waals surface area contributed by atoms with Gasteiger partial charge in [-0.25, -0.2) is 9.97 Å². The van der Waals surface area contributed by atoms with Crippen molar-refractivity contribution in [2.75, 3.05) is 31.1 Å². The molecular formula is C19H28N6O4. The second kappa shape index (κ2) is 10.1. The van der Waals surface area contributed by atoms with Gasteiger partial charge >= 0.3 is 0 Å². The Morgan fingerprint density at radius 2 is 1.66 bits per heavy atom. The number of amides is 4. The molecule has 10 heteroatoms. The van der Waals surface area contributed by atoms with E-state index in [0.717, 1.165) is 18.0 Å². The van der Waals surface area contributed by atoms with Gasteiger partial charge in [0.05, 0.1) is 5.56 Å². The summed E-state index contributed by atoms with van der Waals surface area (Å²) in [7, 11) is 0. The molecule has 158 valence electrons. The van der Waals surface area contributed by atoms with Crippen molar-refractivity contribution in [2.45, 2.75) is 46.6 Å². The van der Waals surface area contributed by atoms with Crippen LogP contribution < -0.4 is 15.5 Å². The number of carbonyl (C=O) groups excluding carboxylic acids is 4. The highest BCUT2D eigenvalue weighted by atomic mass is 16.2. The summed E-state index contributed by atoms with van der Waals surface area (Å²) in [6.07, 6.45) is 1.54. The summed E-state index contributed by atoms with van der Waals surface area (Å²) >= 11 is 0. The summed E-state index contributed by atoms with van der Waals surface area (Å²) in [4.78, 5) is 59.8. The molecule has 1 aromatic heterocycles. The summed E-state index contributed by atoms with van der Waals surface area (Å²) in [5.41, 5.74) is 0.104. The van der Waals surface area contributed by atoms with Crippen LogP contribution in [-0.2, 0) is 9.59 Å². The third-order valence-corrected chi connectivity index (χ3v) is 4.57. The highest BCUT2D eigenvalue weighted by molar-refractivity contribution is 6.22. The van der Waals surface area contributed by atoms with Crippen molar-refractivity contribution < 1.29 is 19.2 Å².